The first-order chi connectivity index (χ1) is 13.9. The van der Waals surface area contributed by atoms with Gasteiger partial charge in [0.15, 0.2) is 0 Å². The summed E-state index contributed by atoms with van der Waals surface area (Å²) in [5.74, 6) is 0.143. The number of carbonyl (C=O) groups is 1. The Hall–Kier alpha value is -3.32. The van der Waals surface area contributed by atoms with E-state index in [0.29, 0.717) is 17.0 Å². The Morgan fingerprint density at radius 3 is 2.17 bits per heavy atom. The summed E-state index contributed by atoms with van der Waals surface area (Å²) >= 11 is 0. The Kier molecular flexibility index (Phi) is 6.19. The van der Waals surface area contributed by atoms with Crippen molar-refractivity contribution in [2.45, 2.75) is 17.9 Å². The number of hydrogen-bond acceptors (Lipinski definition) is 4. The van der Waals surface area contributed by atoms with Gasteiger partial charge < -0.3 is 10.1 Å². The standard InChI is InChI=1S/C22H22N2O4S/c1-16(17-8-4-3-5-9-17)23-22(25)18-12-14-19(15-13-18)29(26,27)24-20-10-6-7-11-21(20)28-2/h3-16,24H,1-2H3,(H,23,25)/t16-/m1/s1. The van der Waals surface area contributed by atoms with Gasteiger partial charge in [0.05, 0.1) is 23.7 Å². The van der Waals surface area contributed by atoms with Crippen molar-refractivity contribution in [1.29, 1.82) is 0 Å². The van der Waals surface area contributed by atoms with E-state index in [1.165, 1.54) is 31.4 Å². The van der Waals surface area contributed by atoms with Gasteiger partial charge in [-0.3, -0.25) is 9.52 Å². The van der Waals surface area contributed by atoms with Crippen molar-refractivity contribution in [2.24, 2.45) is 0 Å². The SMILES string of the molecule is COc1ccccc1NS(=O)(=O)c1ccc(C(=O)N[C@H](C)c2ccccc2)cc1. The van der Waals surface area contributed by atoms with Crippen LogP contribution < -0.4 is 14.8 Å². The number of nitrogens with one attached hydrogen (secondary N) is 2. The topological polar surface area (TPSA) is 84.5 Å². The molecule has 3 aromatic carbocycles. The largest absolute Gasteiger partial charge is 0.495 e. The molecule has 0 heterocycles. The van der Waals surface area contributed by atoms with Crippen molar-refractivity contribution in [3.63, 3.8) is 0 Å². The molecule has 0 bridgehead atoms. The van der Waals surface area contributed by atoms with Crippen LogP contribution in [0.3, 0.4) is 0 Å². The highest BCUT2D eigenvalue weighted by Crippen LogP contribution is 2.26. The molecule has 7 heteroatoms. The van der Waals surface area contributed by atoms with Gasteiger partial charge in [-0.05, 0) is 48.9 Å². The van der Waals surface area contributed by atoms with Crippen LogP contribution in [0, 0.1) is 0 Å². The summed E-state index contributed by atoms with van der Waals surface area (Å²) in [5.41, 5.74) is 1.71. The summed E-state index contributed by atoms with van der Waals surface area (Å²) in [6.45, 7) is 1.89. The van der Waals surface area contributed by atoms with E-state index in [0.717, 1.165) is 5.56 Å². The summed E-state index contributed by atoms with van der Waals surface area (Å²) in [6.07, 6.45) is 0. The first kappa shape index (κ1) is 20.4. The van der Waals surface area contributed by atoms with E-state index >= 15 is 0 Å². The maximum absolute atomic E-state index is 12.6. The second-order valence-electron chi connectivity index (χ2n) is 6.44. The van der Waals surface area contributed by atoms with Crippen LogP contribution in [0.4, 0.5) is 5.69 Å². The highest BCUT2D eigenvalue weighted by atomic mass is 32.2. The maximum atomic E-state index is 12.6. The molecule has 0 aliphatic heterocycles. The van der Waals surface area contributed by atoms with Gasteiger partial charge in [0.25, 0.3) is 15.9 Å². The average molecular weight is 410 g/mol. The first-order valence-electron chi connectivity index (χ1n) is 9.02. The van der Waals surface area contributed by atoms with Crippen LogP contribution in [0.25, 0.3) is 0 Å². The normalized spacial score (nSPS) is 12.1. The highest BCUT2D eigenvalue weighted by Gasteiger charge is 2.18. The van der Waals surface area contributed by atoms with Gasteiger partial charge in [-0.1, -0.05) is 42.5 Å². The van der Waals surface area contributed by atoms with Crippen LogP contribution in [-0.2, 0) is 10.0 Å². The van der Waals surface area contributed by atoms with Crippen molar-refractivity contribution in [3.8, 4) is 5.75 Å². The number of rotatable bonds is 7. The molecular weight excluding hydrogens is 388 g/mol. The fourth-order valence-corrected chi connectivity index (χ4v) is 3.89. The fourth-order valence-electron chi connectivity index (χ4n) is 2.82. The minimum absolute atomic E-state index is 0.0519. The summed E-state index contributed by atoms with van der Waals surface area (Å²) < 4.78 is 33.0. The number of carbonyl (C=O) groups excluding carboxylic acids is 1. The maximum Gasteiger partial charge on any atom is 0.262 e. The third-order valence-corrected chi connectivity index (χ3v) is 5.81. The number of methoxy groups -OCH3 is 1. The molecule has 2 N–H and O–H groups in total. The van der Waals surface area contributed by atoms with Crippen LogP contribution in [-0.4, -0.2) is 21.4 Å². The minimum Gasteiger partial charge on any atom is -0.495 e. The molecule has 150 valence electrons. The van der Waals surface area contributed by atoms with Crippen molar-refractivity contribution < 1.29 is 17.9 Å². The molecule has 0 aliphatic rings. The first-order valence-corrected chi connectivity index (χ1v) is 10.5. The molecule has 29 heavy (non-hydrogen) atoms. The molecule has 0 saturated carbocycles. The number of hydrogen-bond donors (Lipinski definition) is 2. The Morgan fingerprint density at radius 2 is 1.52 bits per heavy atom. The van der Waals surface area contributed by atoms with Crippen molar-refractivity contribution >= 4 is 21.6 Å². The summed E-state index contributed by atoms with van der Waals surface area (Å²) in [7, 11) is -2.35. The number of benzene rings is 3. The van der Waals surface area contributed by atoms with Gasteiger partial charge in [0, 0.05) is 5.56 Å². The number of para-hydroxylation sites is 2. The van der Waals surface area contributed by atoms with Gasteiger partial charge in [-0.15, -0.1) is 0 Å². The van der Waals surface area contributed by atoms with Gasteiger partial charge in [-0.2, -0.15) is 0 Å². The van der Waals surface area contributed by atoms with Gasteiger partial charge >= 0.3 is 0 Å². The molecule has 1 atom stereocenters. The molecule has 0 aromatic heterocycles. The third-order valence-electron chi connectivity index (χ3n) is 4.43. The summed E-state index contributed by atoms with van der Waals surface area (Å²) in [6, 6.07) is 22.0. The van der Waals surface area contributed by atoms with E-state index in [4.69, 9.17) is 4.74 Å². The quantitative estimate of drug-likeness (QED) is 0.617. The fraction of sp³-hybridized carbons (Fsp3) is 0.136. The lowest BCUT2D eigenvalue weighted by atomic mass is 10.1. The summed E-state index contributed by atoms with van der Waals surface area (Å²) in [4.78, 5) is 12.5. The van der Waals surface area contributed by atoms with Crippen LogP contribution in [0.2, 0.25) is 0 Å². The molecule has 0 radical (unpaired) electrons. The second kappa shape index (κ2) is 8.79. The van der Waals surface area contributed by atoms with E-state index in [1.54, 1.807) is 24.3 Å². The van der Waals surface area contributed by atoms with Crippen molar-refractivity contribution in [1.82, 2.24) is 5.32 Å². The minimum atomic E-state index is -3.82. The molecule has 6 nitrogen and oxygen atoms in total. The molecule has 0 unspecified atom stereocenters. The lowest BCUT2D eigenvalue weighted by molar-refractivity contribution is 0.0940. The van der Waals surface area contributed by atoms with Gasteiger partial charge in [0.1, 0.15) is 5.75 Å². The lowest BCUT2D eigenvalue weighted by Crippen LogP contribution is -2.26. The predicted octanol–water partition coefficient (Wildman–Crippen LogP) is 3.99. The molecule has 0 spiro atoms. The Labute approximate surface area is 170 Å². The van der Waals surface area contributed by atoms with E-state index in [2.05, 4.69) is 10.0 Å². The van der Waals surface area contributed by atoms with E-state index in [9.17, 15) is 13.2 Å². The Morgan fingerprint density at radius 1 is 0.897 bits per heavy atom. The molecule has 0 aliphatic carbocycles. The lowest BCUT2D eigenvalue weighted by Gasteiger charge is -2.15. The molecule has 3 aromatic rings. The zero-order valence-electron chi connectivity index (χ0n) is 16.1. The Bertz CT molecular complexity index is 1080. The average Bonchev–Trinajstić information content (AvgIpc) is 2.74. The van der Waals surface area contributed by atoms with Gasteiger partial charge in [0.2, 0.25) is 0 Å². The van der Waals surface area contributed by atoms with E-state index in [-0.39, 0.29) is 16.8 Å². The van der Waals surface area contributed by atoms with E-state index < -0.39 is 10.0 Å². The number of anilines is 1. The zero-order chi connectivity index (χ0) is 20.9. The number of amides is 1. The summed E-state index contributed by atoms with van der Waals surface area (Å²) in [5, 5.41) is 2.91. The molecule has 0 fully saturated rings. The van der Waals surface area contributed by atoms with Crippen LogP contribution in [0.5, 0.6) is 5.75 Å². The van der Waals surface area contributed by atoms with Crippen molar-refractivity contribution in [2.75, 3.05) is 11.8 Å². The second-order valence-corrected chi connectivity index (χ2v) is 8.12. The smallest absolute Gasteiger partial charge is 0.262 e. The number of ether oxygens (including phenoxy) is 1. The third kappa shape index (κ3) is 4.94. The molecule has 0 saturated heterocycles. The van der Waals surface area contributed by atoms with Crippen LogP contribution in [0.15, 0.2) is 83.8 Å². The zero-order valence-corrected chi connectivity index (χ0v) is 16.9. The highest BCUT2D eigenvalue weighted by molar-refractivity contribution is 7.92. The molecule has 1 amide bonds. The monoisotopic (exact) mass is 410 g/mol. The van der Waals surface area contributed by atoms with E-state index in [1.807, 2.05) is 37.3 Å². The van der Waals surface area contributed by atoms with Crippen LogP contribution in [0.1, 0.15) is 28.9 Å². The predicted molar refractivity (Wildman–Crippen MR) is 113 cm³/mol. The van der Waals surface area contributed by atoms with Gasteiger partial charge in [-0.25, -0.2) is 8.42 Å². The molecular formula is C22H22N2O4S. The Balaban J connectivity index is 1.72. The van der Waals surface area contributed by atoms with Crippen LogP contribution >= 0.6 is 0 Å². The number of sulfonamides is 1. The molecule has 3 rings (SSSR count). The van der Waals surface area contributed by atoms with Crippen molar-refractivity contribution in [3.05, 3.63) is 90.0 Å².